The van der Waals surface area contributed by atoms with Crippen LogP contribution in [0.2, 0.25) is 5.02 Å². The number of benzene rings is 3. The average Bonchev–Trinajstić information content (AvgIpc) is 2.90. The summed E-state index contributed by atoms with van der Waals surface area (Å²) in [4.78, 5) is 29.1. The van der Waals surface area contributed by atoms with E-state index in [9.17, 15) is 18.0 Å². The summed E-state index contributed by atoms with van der Waals surface area (Å²) in [5, 5.41) is 3.33. The maximum absolute atomic E-state index is 14.1. The molecule has 3 rings (SSSR count). The predicted octanol–water partition coefficient (Wildman–Crippen LogP) is 4.89. The molecule has 0 aliphatic rings. The molecule has 3 aromatic rings. The molecule has 0 aromatic heterocycles. The highest BCUT2D eigenvalue weighted by atomic mass is 35.5. The Morgan fingerprint density at radius 2 is 1.62 bits per heavy atom. The van der Waals surface area contributed by atoms with Gasteiger partial charge in [-0.25, -0.2) is 8.42 Å². The molecule has 39 heavy (non-hydrogen) atoms. The van der Waals surface area contributed by atoms with E-state index in [1.165, 1.54) is 11.0 Å². The van der Waals surface area contributed by atoms with Gasteiger partial charge in [-0.2, -0.15) is 0 Å². The van der Waals surface area contributed by atoms with E-state index in [1.807, 2.05) is 75.4 Å². The van der Waals surface area contributed by atoms with Crippen LogP contribution in [0.25, 0.3) is 0 Å². The lowest BCUT2D eigenvalue weighted by Gasteiger charge is -2.34. The Labute approximate surface area is 236 Å². The minimum atomic E-state index is -3.85. The Hall–Kier alpha value is -3.36. The number of halogens is 1. The highest BCUT2D eigenvalue weighted by molar-refractivity contribution is 7.92. The Balaban J connectivity index is 2.06. The summed E-state index contributed by atoms with van der Waals surface area (Å²) in [7, 11) is -3.85. The number of hydrogen-bond donors (Lipinski definition) is 1. The summed E-state index contributed by atoms with van der Waals surface area (Å²) < 4.78 is 26.8. The fourth-order valence-corrected chi connectivity index (χ4v) is 5.26. The Kier molecular flexibility index (Phi) is 10.5. The molecule has 0 heterocycles. The van der Waals surface area contributed by atoms with Gasteiger partial charge in [0.2, 0.25) is 21.8 Å². The fourth-order valence-electron chi connectivity index (χ4n) is 4.24. The minimum absolute atomic E-state index is 0.148. The standard InChI is InChI=1S/C30H36ClN3O4S/c1-5-17-32-30(36)28(18-24-12-7-6-8-13-24)33(20-25-14-10-9-11-22(25)2)29(35)21-34(39(4,37)38)26-16-15-23(3)27(31)19-26/h6-16,19,28H,5,17-18,20-21H2,1-4H3,(H,32,36). The molecule has 0 saturated carbocycles. The first-order valence-corrected chi connectivity index (χ1v) is 15.1. The minimum Gasteiger partial charge on any atom is -0.354 e. The van der Waals surface area contributed by atoms with Gasteiger partial charge in [0.1, 0.15) is 12.6 Å². The Morgan fingerprint density at radius 3 is 2.23 bits per heavy atom. The van der Waals surface area contributed by atoms with Crippen molar-refractivity contribution in [2.75, 3.05) is 23.7 Å². The molecule has 208 valence electrons. The van der Waals surface area contributed by atoms with Crippen LogP contribution in [0.5, 0.6) is 0 Å². The molecule has 0 aliphatic carbocycles. The van der Waals surface area contributed by atoms with E-state index in [4.69, 9.17) is 11.6 Å². The second-order valence-electron chi connectivity index (χ2n) is 9.65. The molecular weight excluding hydrogens is 534 g/mol. The first kappa shape index (κ1) is 30.2. The van der Waals surface area contributed by atoms with Gasteiger partial charge in [0.05, 0.1) is 11.9 Å². The highest BCUT2D eigenvalue weighted by Gasteiger charge is 2.33. The van der Waals surface area contributed by atoms with Crippen LogP contribution in [0.15, 0.2) is 72.8 Å². The predicted molar refractivity (Wildman–Crippen MR) is 157 cm³/mol. The topological polar surface area (TPSA) is 86.8 Å². The SMILES string of the molecule is CCCNC(=O)C(Cc1ccccc1)N(Cc1ccccc1C)C(=O)CN(c1ccc(C)c(Cl)c1)S(C)(=O)=O. The monoisotopic (exact) mass is 569 g/mol. The van der Waals surface area contributed by atoms with Gasteiger partial charge in [-0.15, -0.1) is 0 Å². The van der Waals surface area contributed by atoms with Gasteiger partial charge in [-0.1, -0.05) is 79.2 Å². The molecule has 7 nitrogen and oxygen atoms in total. The van der Waals surface area contributed by atoms with Gasteiger partial charge in [-0.05, 0) is 54.7 Å². The zero-order valence-corrected chi connectivity index (χ0v) is 24.4. The number of nitrogens with zero attached hydrogens (tertiary/aromatic N) is 2. The Morgan fingerprint density at radius 1 is 0.949 bits per heavy atom. The van der Waals surface area contributed by atoms with E-state index in [2.05, 4.69) is 5.32 Å². The van der Waals surface area contributed by atoms with Crippen molar-refractivity contribution in [2.24, 2.45) is 0 Å². The third-order valence-corrected chi connectivity index (χ3v) is 8.09. The van der Waals surface area contributed by atoms with Crippen LogP contribution in [-0.2, 0) is 32.6 Å². The van der Waals surface area contributed by atoms with Crippen LogP contribution in [-0.4, -0.2) is 50.5 Å². The number of hydrogen-bond acceptors (Lipinski definition) is 4. The molecule has 0 radical (unpaired) electrons. The summed E-state index contributed by atoms with van der Waals surface area (Å²) in [6, 6.07) is 21.1. The van der Waals surface area contributed by atoms with Gasteiger partial charge in [0, 0.05) is 24.5 Å². The number of nitrogens with one attached hydrogen (secondary N) is 1. The fraction of sp³-hybridized carbons (Fsp3) is 0.333. The summed E-state index contributed by atoms with van der Waals surface area (Å²) in [5.41, 5.74) is 3.80. The summed E-state index contributed by atoms with van der Waals surface area (Å²) in [6.07, 6.45) is 2.07. The summed E-state index contributed by atoms with van der Waals surface area (Å²) in [6.45, 7) is 5.85. The number of anilines is 1. The van der Waals surface area contributed by atoms with E-state index in [-0.39, 0.29) is 24.6 Å². The van der Waals surface area contributed by atoms with Crippen LogP contribution in [0.1, 0.15) is 35.6 Å². The zero-order chi connectivity index (χ0) is 28.6. The molecule has 2 amide bonds. The summed E-state index contributed by atoms with van der Waals surface area (Å²) in [5.74, 6) is -0.778. The van der Waals surface area contributed by atoms with Crippen LogP contribution in [0.3, 0.4) is 0 Å². The molecule has 9 heteroatoms. The number of sulfonamides is 1. The van der Waals surface area contributed by atoms with Crippen molar-refractivity contribution in [3.8, 4) is 0 Å². The number of carbonyl (C=O) groups is 2. The van der Waals surface area contributed by atoms with Crippen LogP contribution >= 0.6 is 11.6 Å². The number of amides is 2. The van der Waals surface area contributed by atoms with E-state index >= 15 is 0 Å². The van der Waals surface area contributed by atoms with Crippen molar-refractivity contribution < 1.29 is 18.0 Å². The number of rotatable bonds is 12. The average molecular weight is 570 g/mol. The largest absolute Gasteiger partial charge is 0.354 e. The molecule has 0 fully saturated rings. The highest BCUT2D eigenvalue weighted by Crippen LogP contribution is 2.26. The van der Waals surface area contributed by atoms with Crippen molar-refractivity contribution in [3.05, 3.63) is 100 Å². The number of aryl methyl sites for hydroxylation is 2. The third kappa shape index (κ3) is 8.31. The van der Waals surface area contributed by atoms with E-state index in [0.717, 1.165) is 39.2 Å². The van der Waals surface area contributed by atoms with E-state index in [1.54, 1.807) is 12.1 Å². The molecule has 0 bridgehead atoms. The van der Waals surface area contributed by atoms with Crippen LogP contribution in [0, 0.1) is 13.8 Å². The van der Waals surface area contributed by atoms with Crippen molar-refractivity contribution in [1.29, 1.82) is 0 Å². The smallest absolute Gasteiger partial charge is 0.244 e. The Bertz CT molecular complexity index is 1400. The maximum Gasteiger partial charge on any atom is 0.244 e. The molecule has 3 aromatic carbocycles. The molecule has 0 spiro atoms. The quantitative estimate of drug-likeness (QED) is 0.336. The maximum atomic E-state index is 14.1. The third-order valence-electron chi connectivity index (χ3n) is 6.54. The normalized spacial score (nSPS) is 12.0. The van der Waals surface area contributed by atoms with Crippen molar-refractivity contribution >= 4 is 39.1 Å². The second-order valence-corrected chi connectivity index (χ2v) is 12.0. The lowest BCUT2D eigenvalue weighted by Crippen LogP contribution is -2.53. The molecular formula is C30H36ClN3O4S. The molecule has 1 unspecified atom stereocenters. The molecule has 1 atom stereocenters. The van der Waals surface area contributed by atoms with Gasteiger partial charge in [0.25, 0.3) is 0 Å². The van der Waals surface area contributed by atoms with Gasteiger partial charge in [-0.3, -0.25) is 13.9 Å². The van der Waals surface area contributed by atoms with E-state index in [0.29, 0.717) is 11.6 Å². The van der Waals surface area contributed by atoms with Crippen molar-refractivity contribution in [3.63, 3.8) is 0 Å². The zero-order valence-electron chi connectivity index (χ0n) is 22.9. The molecule has 0 saturated heterocycles. The van der Waals surface area contributed by atoms with Gasteiger partial charge in [0.15, 0.2) is 0 Å². The first-order chi connectivity index (χ1) is 18.5. The lowest BCUT2D eigenvalue weighted by molar-refractivity contribution is -0.140. The van der Waals surface area contributed by atoms with E-state index < -0.39 is 28.5 Å². The first-order valence-electron chi connectivity index (χ1n) is 12.9. The lowest BCUT2D eigenvalue weighted by atomic mass is 10.0. The second kappa shape index (κ2) is 13.6. The van der Waals surface area contributed by atoms with Crippen LogP contribution in [0.4, 0.5) is 5.69 Å². The van der Waals surface area contributed by atoms with Gasteiger partial charge >= 0.3 is 0 Å². The number of carbonyl (C=O) groups excluding carboxylic acids is 2. The molecule has 1 N–H and O–H groups in total. The van der Waals surface area contributed by atoms with Gasteiger partial charge < -0.3 is 10.2 Å². The van der Waals surface area contributed by atoms with Crippen molar-refractivity contribution in [2.45, 2.75) is 46.2 Å². The summed E-state index contributed by atoms with van der Waals surface area (Å²) >= 11 is 6.29. The van der Waals surface area contributed by atoms with Crippen LogP contribution < -0.4 is 9.62 Å². The van der Waals surface area contributed by atoms with Crippen molar-refractivity contribution in [1.82, 2.24) is 10.2 Å². The molecule has 0 aliphatic heterocycles.